The fourth-order valence-electron chi connectivity index (χ4n) is 1.39. The van der Waals surface area contributed by atoms with Crippen LogP contribution in [0.3, 0.4) is 0 Å². The number of benzene rings is 1. The van der Waals surface area contributed by atoms with Gasteiger partial charge in [-0.15, -0.1) is 5.56 Å². The first kappa shape index (κ1) is 14.8. The first-order valence-corrected chi connectivity index (χ1v) is 5.06. The summed E-state index contributed by atoms with van der Waals surface area (Å²) in [6.45, 7) is 7.62. The maximum absolute atomic E-state index is 3.47. The second kappa shape index (κ2) is 5.75. The molecule has 0 heterocycles. The van der Waals surface area contributed by atoms with Gasteiger partial charge < -0.3 is 4.90 Å². The van der Waals surface area contributed by atoms with Gasteiger partial charge in [-0.2, -0.15) is 29.8 Å². The summed E-state index contributed by atoms with van der Waals surface area (Å²) in [5.41, 5.74) is 2.75. The van der Waals surface area contributed by atoms with E-state index < -0.39 is 0 Å². The summed E-state index contributed by atoms with van der Waals surface area (Å²) >= 11 is 0. The number of hydrogen-bond acceptors (Lipinski definition) is 1. The Morgan fingerprint density at radius 3 is 2.27 bits per heavy atom. The van der Waals surface area contributed by atoms with Gasteiger partial charge in [0.15, 0.2) is 0 Å². The molecule has 0 fully saturated rings. The molecule has 0 atom stereocenters. The van der Waals surface area contributed by atoms with Crippen molar-refractivity contribution in [2.24, 2.45) is 0 Å². The van der Waals surface area contributed by atoms with Crippen LogP contribution in [0.15, 0.2) is 18.2 Å². The second-order valence-electron chi connectivity index (χ2n) is 5.08. The number of hydrogen-bond donors (Lipinski definition) is 0. The Hall–Kier alpha value is -0.223. The molecule has 0 N–H and O–H groups in total. The molecule has 0 radical (unpaired) electrons. The molecule has 1 nitrogen and oxygen atoms in total. The third-order valence-corrected chi connectivity index (χ3v) is 2.15. The van der Waals surface area contributed by atoms with E-state index in [1.54, 1.807) is 0 Å². The molecule has 15 heavy (non-hydrogen) atoms. The minimum Gasteiger partial charge on any atom is -0.307 e. The zero-order valence-electron chi connectivity index (χ0n) is 10.9. The number of nitrogens with zero attached hydrogens (tertiary/aromatic N) is 1. The molecule has 0 aliphatic carbocycles. The standard InChI is InChI=1S/C13H20N.Li/c1-13(2,3)12-8-6-7-11(9-12)10-14(4)5;/h6-8H,10H2,1-5H3;/q-1;+1. The predicted molar refractivity (Wildman–Crippen MR) is 61.4 cm³/mol. The zero-order valence-corrected chi connectivity index (χ0v) is 10.9. The summed E-state index contributed by atoms with van der Waals surface area (Å²) in [6, 6.07) is 9.88. The van der Waals surface area contributed by atoms with E-state index in [4.69, 9.17) is 0 Å². The molecule has 0 saturated carbocycles. The van der Waals surface area contributed by atoms with Crippen molar-refractivity contribution in [2.45, 2.75) is 32.7 Å². The minimum atomic E-state index is 0. The van der Waals surface area contributed by atoms with Crippen LogP contribution in [-0.2, 0) is 12.0 Å². The normalized spacial score (nSPS) is 11.3. The van der Waals surface area contributed by atoms with Gasteiger partial charge in [0.1, 0.15) is 0 Å². The predicted octanol–water partition coefficient (Wildman–Crippen LogP) is -0.150. The van der Waals surface area contributed by atoms with Crippen LogP contribution in [0.25, 0.3) is 0 Å². The Kier molecular flexibility index (Phi) is 5.67. The molecular weight excluding hydrogens is 177 g/mol. The molecule has 1 aromatic carbocycles. The Labute approximate surface area is 106 Å². The summed E-state index contributed by atoms with van der Waals surface area (Å²) in [5, 5.41) is 0. The van der Waals surface area contributed by atoms with Crippen LogP contribution in [0.5, 0.6) is 0 Å². The molecule has 0 bridgehead atoms. The second-order valence-corrected chi connectivity index (χ2v) is 5.08. The van der Waals surface area contributed by atoms with E-state index in [2.05, 4.69) is 64.0 Å². The van der Waals surface area contributed by atoms with Crippen molar-refractivity contribution in [3.63, 3.8) is 0 Å². The van der Waals surface area contributed by atoms with Crippen LogP contribution in [0.2, 0.25) is 0 Å². The first-order chi connectivity index (χ1) is 6.39. The van der Waals surface area contributed by atoms with Crippen LogP contribution in [0, 0.1) is 6.07 Å². The molecule has 1 rings (SSSR count). The maximum atomic E-state index is 3.47. The smallest absolute Gasteiger partial charge is 0.307 e. The Morgan fingerprint density at radius 1 is 1.20 bits per heavy atom. The molecule has 0 amide bonds. The fourth-order valence-corrected chi connectivity index (χ4v) is 1.39. The third kappa shape index (κ3) is 4.89. The van der Waals surface area contributed by atoms with Gasteiger partial charge in [0, 0.05) is 6.54 Å². The average Bonchev–Trinajstić information content (AvgIpc) is 2.01. The van der Waals surface area contributed by atoms with Gasteiger partial charge in [-0.05, 0) is 19.5 Å². The largest absolute Gasteiger partial charge is 1.00 e. The molecule has 78 valence electrons. The van der Waals surface area contributed by atoms with E-state index in [9.17, 15) is 0 Å². The van der Waals surface area contributed by atoms with Gasteiger partial charge in [-0.3, -0.25) is 0 Å². The molecule has 1 aromatic rings. The summed E-state index contributed by atoms with van der Waals surface area (Å²) in [6.07, 6.45) is 0. The van der Waals surface area contributed by atoms with Crippen molar-refractivity contribution in [3.05, 3.63) is 35.4 Å². The Bertz CT molecular complexity index is 300. The van der Waals surface area contributed by atoms with Crippen molar-refractivity contribution in [1.29, 1.82) is 0 Å². The molecule has 0 aliphatic heterocycles. The van der Waals surface area contributed by atoms with E-state index in [-0.39, 0.29) is 24.3 Å². The van der Waals surface area contributed by atoms with E-state index in [0.29, 0.717) is 0 Å². The molecule has 0 aromatic heterocycles. The van der Waals surface area contributed by atoms with Crippen LogP contribution in [0.1, 0.15) is 31.9 Å². The molecule has 0 spiro atoms. The van der Waals surface area contributed by atoms with Crippen molar-refractivity contribution in [1.82, 2.24) is 4.90 Å². The van der Waals surface area contributed by atoms with Crippen LogP contribution in [0.4, 0.5) is 0 Å². The molecule has 0 aliphatic rings. The maximum Gasteiger partial charge on any atom is 1.00 e. The Morgan fingerprint density at radius 2 is 1.80 bits per heavy atom. The molecule has 0 saturated heterocycles. The third-order valence-electron chi connectivity index (χ3n) is 2.15. The van der Waals surface area contributed by atoms with Crippen LogP contribution >= 0.6 is 0 Å². The minimum absolute atomic E-state index is 0. The van der Waals surface area contributed by atoms with Gasteiger partial charge in [-0.1, -0.05) is 20.8 Å². The van der Waals surface area contributed by atoms with Gasteiger partial charge >= 0.3 is 18.9 Å². The van der Waals surface area contributed by atoms with Crippen LogP contribution < -0.4 is 18.9 Å². The monoisotopic (exact) mass is 197 g/mol. The van der Waals surface area contributed by atoms with Crippen LogP contribution in [-0.4, -0.2) is 19.0 Å². The summed E-state index contributed by atoms with van der Waals surface area (Å²) in [7, 11) is 4.16. The fraction of sp³-hybridized carbons (Fsp3) is 0.538. The first-order valence-electron chi connectivity index (χ1n) is 5.06. The average molecular weight is 197 g/mol. The van der Waals surface area contributed by atoms with Gasteiger partial charge in [0.2, 0.25) is 0 Å². The molecule has 2 heteroatoms. The summed E-state index contributed by atoms with van der Waals surface area (Å²) < 4.78 is 0. The van der Waals surface area contributed by atoms with Crippen molar-refractivity contribution in [2.75, 3.05) is 14.1 Å². The van der Waals surface area contributed by atoms with Gasteiger partial charge in [-0.25, -0.2) is 0 Å². The quantitative estimate of drug-likeness (QED) is 0.471. The van der Waals surface area contributed by atoms with E-state index in [1.165, 1.54) is 11.1 Å². The van der Waals surface area contributed by atoms with Gasteiger partial charge in [0.25, 0.3) is 0 Å². The van der Waals surface area contributed by atoms with E-state index >= 15 is 0 Å². The summed E-state index contributed by atoms with van der Waals surface area (Å²) in [5.74, 6) is 0. The molecule has 0 unspecified atom stereocenters. The summed E-state index contributed by atoms with van der Waals surface area (Å²) in [4.78, 5) is 2.16. The van der Waals surface area contributed by atoms with Gasteiger partial charge in [0.05, 0.1) is 0 Å². The topological polar surface area (TPSA) is 3.24 Å². The zero-order chi connectivity index (χ0) is 10.8. The van der Waals surface area contributed by atoms with E-state index in [1.807, 2.05) is 0 Å². The van der Waals surface area contributed by atoms with Crippen molar-refractivity contribution >= 4 is 0 Å². The van der Waals surface area contributed by atoms with Crippen molar-refractivity contribution < 1.29 is 18.9 Å². The SMILES string of the molecule is CN(C)Cc1[c-]c(C(C)(C)C)ccc1.[Li+]. The van der Waals surface area contributed by atoms with E-state index in [0.717, 1.165) is 6.54 Å². The van der Waals surface area contributed by atoms with Crippen molar-refractivity contribution in [3.8, 4) is 0 Å². The number of rotatable bonds is 2. The molecular formula is C13H20LiN. The Balaban J connectivity index is 0.00000196.